The number of carbonyl (C=O) groups is 2. The molecule has 2 aromatic carbocycles. The van der Waals surface area contributed by atoms with E-state index in [2.05, 4.69) is 5.32 Å². The van der Waals surface area contributed by atoms with Crippen molar-refractivity contribution in [2.75, 3.05) is 23.9 Å². The van der Waals surface area contributed by atoms with Crippen LogP contribution in [0, 0.1) is 5.41 Å². The summed E-state index contributed by atoms with van der Waals surface area (Å²) >= 11 is 12.0. The topological polar surface area (TPSA) is 58.6 Å². The van der Waals surface area contributed by atoms with Crippen LogP contribution in [0.2, 0.25) is 10.0 Å². The number of fused-ring (bicyclic) bond motifs is 1. The molecule has 1 aliphatic heterocycles. The van der Waals surface area contributed by atoms with E-state index in [-0.39, 0.29) is 24.0 Å². The second-order valence-corrected chi connectivity index (χ2v) is 7.64. The molecule has 26 heavy (non-hydrogen) atoms. The van der Waals surface area contributed by atoms with Crippen LogP contribution in [0.4, 0.5) is 11.4 Å². The van der Waals surface area contributed by atoms with E-state index in [1.807, 2.05) is 13.8 Å². The molecule has 1 heterocycles. The van der Waals surface area contributed by atoms with Gasteiger partial charge in [-0.1, -0.05) is 23.2 Å². The summed E-state index contributed by atoms with van der Waals surface area (Å²) in [5.41, 5.74) is 0.755. The zero-order valence-electron chi connectivity index (χ0n) is 14.6. The van der Waals surface area contributed by atoms with Crippen molar-refractivity contribution in [2.45, 2.75) is 13.8 Å². The number of hydrogen-bond donors (Lipinski definition) is 1. The Kier molecular flexibility index (Phi) is 4.86. The third kappa shape index (κ3) is 3.50. The van der Waals surface area contributed by atoms with Crippen molar-refractivity contribution in [3.8, 4) is 5.75 Å². The molecule has 0 radical (unpaired) electrons. The van der Waals surface area contributed by atoms with Gasteiger partial charge >= 0.3 is 0 Å². The first-order valence-electron chi connectivity index (χ1n) is 8.00. The maximum Gasteiger partial charge on any atom is 0.257 e. The maximum absolute atomic E-state index is 12.6. The summed E-state index contributed by atoms with van der Waals surface area (Å²) in [6, 6.07) is 9.83. The standard InChI is InChI=1S/C19H18Cl2N2O3/c1-19(2)10-26-16-7-5-12(9-15(16)23(3)18(19)25)22-17(24)13-8-11(20)4-6-14(13)21/h4-9H,10H2,1-3H3,(H,22,24). The summed E-state index contributed by atoms with van der Waals surface area (Å²) in [4.78, 5) is 26.6. The van der Waals surface area contributed by atoms with Crippen LogP contribution in [0.25, 0.3) is 0 Å². The summed E-state index contributed by atoms with van der Waals surface area (Å²) in [5, 5.41) is 3.50. The minimum absolute atomic E-state index is 0.0578. The number of nitrogens with one attached hydrogen (secondary N) is 1. The number of rotatable bonds is 2. The van der Waals surface area contributed by atoms with E-state index in [9.17, 15) is 9.59 Å². The van der Waals surface area contributed by atoms with Crippen molar-refractivity contribution in [3.63, 3.8) is 0 Å². The Hall–Kier alpha value is -2.24. The van der Waals surface area contributed by atoms with E-state index < -0.39 is 5.41 Å². The van der Waals surface area contributed by atoms with Crippen molar-refractivity contribution in [2.24, 2.45) is 5.41 Å². The van der Waals surface area contributed by atoms with E-state index in [1.165, 1.54) is 6.07 Å². The first kappa shape index (κ1) is 18.5. The Balaban J connectivity index is 1.90. The van der Waals surface area contributed by atoms with Gasteiger partial charge < -0.3 is 15.0 Å². The SMILES string of the molecule is CN1C(=O)C(C)(C)COc2ccc(NC(=O)c3cc(Cl)ccc3Cl)cc21. The number of carbonyl (C=O) groups excluding carboxylic acids is 2. The van der Waals surface area contributed by atoms with Crippen LogP contribution in [-0.2, 0) is 4.79 Å². The fraction of sp³-hybridized carbons (Fsp3) is 0.263. The van der Waals surface area contributed by atoms with Gasteiger partial charge in [0.05, 0.1) is 21.7 Å². The summed E-state index contributed by atoms with van der Waals surface area (Å²) in [6.07, 6.45) is 0. The smallest absolute Gasteiger partial charge is 0.257 e. The van der Waals surface area contributed by atoms with Gasteiger partial charge in [0.2, 0.25) is 5.91 Å². The number of anilines is 2. The second-order valence-electron chi connectivity index (χ2n) is 6.80. The molecular weight excluding hydrogens is 375 g/mol. The number of ether oxygens (including phenoxy) is 1. The molecule has 5 nitrogen and oxygen atoms in total. The molecule has 7 heteroatoms. The van der Waals surface area contributed by atoms with Gasteiger partial charge in [0, 0.05) is 17.8 Å². The third-order valence-corrected chi connectivity index (χ3v) is 4.79. The normalized spacial score (nSPS) is 15.7. The second kappa shape index (κ2) is 6.82. The highest BCUT2D eigenvalue weighted by atomic mass is 35.5. The highest BCUT2D eigenvalue weighted by Crippen LogP contribution is 2.37. The van der Waals surface area contributed by atoms with Gasteiger partial charge in [-0.25, -0.2) is 0 Å². The van der Waals surface area contributed by atoms with E-state index in [0.29, 0.717) is 27.2 Å². The molecule has 0 fully saturated rings. The lowest BCUT2D eigenvalue weighted by molar-refractivity contribution is -0.127. The van der Waals surface area contributed by atoms with Crippen molar-refractivity contribution in [1.29, 1.82) is 0 Å². The highest BCUT2D eigenvalue weighted by molar-refractivity contribution is 6.36. The van der Waals surface area contributed by atoms with E-state index in [4.69, 9.17) is 27.9 Å². The summed E-state index contributed by atoms with van der Waals surface area (Å²) in [6.45, 7) is 3.95. The third-order valence-electron chi connectivity index (χ3n) is 4.22. The Morgan fingerprint density at radius 3 is 2.65 bits per heavy atom. The zero-order chi connectivity index (χ0) is 19.1. The van der Waals surface area contributed by atoms with Crippen molar-refractivity contribution in [1.82, 2.24) is 0 Å². The molecule has 0 aliphatic carbocycles. The molecule has 2 amide bonds. The number of halogens is 2. The average Bonchev–Trinajstić information content (AvgIpc) is 2.68. The predicted octanol–water partition coefficient (Wildman–Crippen LogP) is 4.63. The number of amides is 2. The Morgan fingerprint density at radius 2 is 1.92 bits per heavy atom. The van der Waals surface area contributed by atoms with E-state index >= 15 is 0 Å². The summed E-state index contributed by atoms with van der Waals surface area (Å²) in [7, 11) is 1.69. The van der Waals surface area contributed by atoms with Crippen molar-refractivity contribution < 1.29 is 14.3 Å². The number of benzene rings is 2. The average molecular weight is 393 g/mol. The fourth-order valence-corrected chi connectivity index (χ4v) is 3.11. The molecule has 0 spiro atoms. The Bertz CT molecular complexity index is 896. The van der Waals surface area contributed by atoms with Crippen molar-refractivity contribution >= 4 is 46.4 Å². The lowest BCUT2D eigenvalue weighted by Crippen LogP contribution is -2.39. The van der Waals surface area contributed by atoms with Crippen LogP contribution >= 0.6 is 23.2 Å². The molecule has 0 aromatic heterocycles. The minimum atomic E-state index is -0.633. The maximum atomic E-state index is 12.6. The molecule has 136 valence electrons. The largest absolute Gasteiger partial charge is 0.490 e. The summed E-state index contributed by atoms with van der Waals surface area (Å²) < 4.78 is 5.77. The van der Waals surface area contributed by atoms with Crippen LogP contribution in [0.5, 0.6) is 5.75 Å². The summed E-state index contributed by atoms with van der Waals surface area (Å²) in [5.74, 6) is 0.143. The molecule has 0 bridgehead atoms. The molecule has 0 atom stereocenters. The number of nitrogens with zero attached hydrogens (tertiary/aromatic N) is 1. The molecule has 0 saturated carbocycles. The fourth-order valence-electron chi connectivity index (χ4n) is 2.73. The van der Waals surface area contributed by atoms with Gasteiger partial charge in [-0.3, -0.25) is 9.59 Å². The quantitative estimate of drug-likeness (QED) is 0.810. The molecule has 2 aromatic rings. The lowest BCUT2D eigenvalue weighted by Gasteiger charge is -2.24. The monoisotopic (exact) mass is 392 g/mol. The number of hydrogen-bond acceptors (Lipinski definition) is 3. The Labute approximate surface area is 161 Å². The molecule has 0 saturated heterocycles. The molecule has 1 aliphatic rings. The van der Waals surface area contributed by atoms with Crippen LogP contribution in [0.1, 0.15) is 24.2 Å². The van der Waals surface area contributed by atoms with Gasteiger partial charge in [0.1, 0.15) is 12.4 Å². The molecule has 0 unspecified atom stereocenters. The Morgan fingerprint density at radius 1 is 1.19 bits per heavy atom. The van der Waals surface area contributed by atoms with Crippen LogP contribution in [0.15, 0.2) is 36.4 Å². The van der Waals surface area contributed by atoms with Crippen LogP contribution in [0.3, 0.4) is 0 Å². The molecule has 1 N–H and O–H groups in total. The molecular formula is C19H18Cl2N2O3. The minimum Gasteiger partial charge on any atom is -0.490 e. The first-order chi connectivity index (χ1) is 12.2. The predicted molar refractivity (Wildman–Crippen MR) is 104 cm³/mol. The first-order valence-corrected chi connectivity index (χ1v) is 8.76. The van der Waals surface area contributed by atoms with Crippen molar-refractivity contribution in [3.05, 3.63) is 52.0 Å². The lowest BCUT2D eigenvalue weighted by atomic mass is 9.93. The van der Waals surface area contributed by atoms with Gasteiger partial charge in [-0.05, 0) is 50.2 Å². The van der Waals surface area contributed by atoms with Gasteiger partial charge in [-0.2, -0.15) is 0 Å². The zero-order valence-corrected chi connectivity index (χ0v) is 16.1. The van der Waals surface area contributed by atoms with Crippen LogP contribution < -0.4 is 15.0 Å². The highest BCUT2D eigenvalue weighted by Gasteiger charge is 2.36. The van der Waals surface area contributed by atoms with Gasteiger partial charge in [-0.15, -0.1) is 0 Å². The van der Waals surface area contributed by atoms with Gasteiger partial charge in [0.25, 0.3) is 5.91 Å². The van der Waals surface area contributed by atoms with Crippen LogP contribution in [-0.4, -0.2) is 25.5 Å². The van der Waals surface area contributed by atoms with E-state index in [0.717, 1.165) is 0 Å². The van der Waals surface area contributed by atoms with Gasteiger partial charge in [0.15, 0.2) is 0 Å². The van der Waals surface area contributed by atoms with E-state index in [1.54, 1.807) is 42.3 Å². The molecule has 3 rings (SSSR count).